The van der Waals surface area contributed by atoms with E-state index in [1.54, 1.807) is 24.6 Å². The maximum absolute atomic E-state index is 5.17. The number of anilines is 1. The van der Waals surface area contributed by atoms with Gasteiger partial charge in [-0.1, -0.05) is 0 Å². The van der Waals surface area contributed by atoms with Crippen LogP contribution in [-0.4, -0.2) is 56.2 Å². The fourth-order valence-corrected chi connectivity index (χ4v) is 3.56. The smallest absolute Gasteiger partial charge is 0.213 e. The van der Waals surface area contributed by atoms with E-state index in [2.05, 4.69) is 42.6 Å². The normalized spacial score (nSPS) is 15.5. The van der Waals surface area contributed by atoms with Gasteiger partial charge in [-0.05, 0) is 29.1 Å². The molecule has 1 aliphatic rings. The molecule has 7 heteroatoms. The van der Waals surface area contributed by atoms with Crippen molar-refractivity contribution in [3.63, 3.8) is 0 Å². The van der Waals surface area contributed by atoms with Crippen LogP contribution in [0.2, 0.25) is 0 Å². The number of piperazine rings is 1. The Bertz CT molecular complexity index is 665. The molecule has 3 heterocycles. The van der Waals surface area contributed by atoms with E-state index in [4.69, 9.17) is 4.74 Å². The van der Waals surface area contributed by atoms with Crippen LogP contribution in [0.25, 0.3) is 0 Å². The van der Waals surface area contributed by atoms with Crippen LogP contribution in [0.15, 0.2) is 40.8 Å². The van der Waals surface area contributed by atoms with Gasteiger partial charge in [0.1, 0.15) is 0 Å². The van der Waals surface area contributed by atoms with Gasteiger partial charge in [-0.2, -0.15) is 0 Å². The zero-order chi connectivity index (χ0) is 16.8. The average Bonchev–Trinajstić information content (AvgIpc) is 3.18. The Labute approximate surface area is 146 Å². The first-order valence-electron chi connectivity index (χ1n) is 8.03. The van der Waals surface area contributed by atoms with Gasteiger partial charge < -0.3 is 19.9 Å². The number of thiophene rings is 1. The van der Waals surface area contributed by atoms with Crippen LogP contribution in [0.3, 0.4) is 0 Å². The van der Waals surface area contributed by atoms with Gasteiger partial charge in [-0.15, -0.1) is 11.3 Å². The van der Waals surface area contributed by atoms with Crippen molar-refractivity contribution < 1.29 is 4.74 Å². The highest BCUT2D eigenvalue weighted by Gasteiger charge is 2.20. The SMILES string of the molecule is CN=C(NCc1ccnc(OC)c1)N1CCN(c2cccs2)CC1. The van der Waals surface area contributed by atoms with Crippen molar-refractivity contribution in [3.05, 3.63) is 41.4 Å². The summed E-state index contributed by atoms with van der Waals surface area (Å²) in [5.74, 6) is 1.57. The van der Waals surface area contributed by atoms with Crippen LogP contribution in [-0.2, 0) is 6.54 Å². The molecular weight excluding hydrogens is 322 g/mol. The first kappa shape index (κ1) is 16.6. The predicted octanol–water partition coefficient (Wildman–Crippen LogP) is 2.05. The first-order chi connectivity index (χ1) is 11.8. The lowest BCUT2D eigenvalue weighted by Crippen LogP contribution is -2.52. The van der Waals surface area contributed by atoms with E-state index >= 15 is 0 Å². The number of ether oxygens (including phenoxy) is 1. The number of methoxy groups -OCH3 is 1. The van der Waals surface area contributed by atoms with Crippen LogP contribution in [0.5, 0.6) is 5.88 Å². The second-order valence-electron chi connectivity index (χ2n) is 5.53. The summed E-state index contributed by atoms with van der Waals surface area (Å²) in [7, 11) is 3.46. The standard InChI is InChI=1S/C17H23N5OS/c1-18-17(20-13-14-5-6-19-15(12-14)23-2)22-9-7-21(8-10-22)16-4-3-11-24-16/h3-6,11-12H,7-10,13H2,1-2H3,(H,18,20). The summed E-state index contributed by atoms with van der Waals surface area (Å²) in [4.78, 5) is 13.3. The van der Waals surface area contributed by atoms with Crippen molar-refractivity contribution in [3.8, 4) is 5.88 Å². The zero-order valence-electron chi connectivity index (χ0n) is 14.1. The lowest BCUT2D eigenvalue weighted by molar-refractivity contribution is 0.373. The summed E-state index contributed by atoms with van der Waals surface area (Å²) >= 11 is 1.80. The maximum atomic E-state index is 5.17. The van der Waals surface area contributed by atoms with E-state index < -0.39 is 0 Å². The molecule has 1 N–H and O–H groups in total. The van der Waals surface area contributed by atoms with Gasteiger partial charge in [-0.25, -0.2) is 4.98 Å². The van der Waals surface area contributed by atoms with Crippen molar-refractivity contribution in [2.24, 2.45) is 4.99 Å². The molecule has 6 nitrogen and oxygen atoms in total. The predicted molar refractivity (Wildman–Crippen MR) is 99.1 cm³/mol. The van der Waals surface area contributed by atoms with E-state index in [9.17, 15) is 0 Å². The number of aromatic nitrogens is 1. The fourth-order valence-electron chi connectivity index (χ4n) is 2.77. The van der Waals surface area contributed by atoms with Crippen LogP contribution >= 0.6 is 11.3 Å². The Morgan fingerprint density at radius 3 is 2.83 bits per heavy atom. The topological polar surface area (TPSA) is 53.0 Å². The van der Waals surface area contributed by atoms with E-state index in [0.717, 1.165) is 37.7 Å². The second kappa shape index (κ2) is 8.01. The second-order valence-corrected chi connectivity index (χ2v) is 6.46. The van der Waals surface area contributed by atoms with Crippen molar-refractivity contribution in [1.29, 1.82) is 0 Å². The van der Waals surface area contributed by atoms with Crippen LogP contribution < -0.4 is 15.0 Å². The number of guanidine groups is 1. The van der Waals surface area contributed by atoms with Crippen molar-refractivity contribution >= 4 is 22.3 Å². The largest absolute Gasteiger partial charge is 0.481 e. The average molecular weight is 345 g/mol. The van der Waals surface area contributed by atoms with Gasteiger partial charge >= 0.3 is 0 Å². The lowest BCUT2D eigenvalue weighted by Gasteiger charge is -2.37. The van der Waals surface area contributed by atoms with Crippen LogP contribution in [0.4, 0.5) is 5.00 Å². The molecule has 0 radical (unpaired) electrons. The van der Waals surface area contributed by atoms with Gasteiger partial charge in [0.2, 0.25) is 5.88 Å². The molecule has 3 rings (SSSR count). The first-order valence-corrected chi connectivity index (χ1v) is 8.91. The number of pyridine rings is 1. The van der Waals surface area contributed by atoms with Gasteiger partial charge in [0.05, 0.1) is 12.1 Å². The number of nitrogens with zero attached hydrogens (tertiary/aromatic N) is 4. The Hall–Kier alpha value is -2.28. The molecule has 0 saturated carbocycles. The quantitative estimate of drug-likeness (QED) is 0.679. The highest BCUT2D eigenvalue weighted by molar-refractivity contribution is 7.14. The lowest BCUT2D eigenvalue weighted by atomic mass is 10.2. The van der Waals surface area contributed by atoms with E-state index in [0.29, 0.717) is 12.4 Å². The van der Waals surface area contributed by atoms with Crippen molar-refractivity contribution in [2.75, 3.05) is 45.2 Å². The highest BCUT2D eigenvalue weighted by Crippen LogP contribution is 2.22. The summed E-state index contributed by atoms with van der Waals surface area (Å²) in [6, 6.07) is 8.21. The van der Waals surface area contributed by atoms with E-state index in [-0.39, 0.29) is 0 Å². The third-order valence-corrected chi connectivity index (χ3v) is 5.00. The van der Waals surface area contributed by atoms with E-state index in [1.165, 1.54) is 5.00 Å². The molecule has 0 aromatic carbocycles. The fraction of sp³-hybridized carbons (Fsp3) is 0.412. The van der Waals surface area contributed by atoms with Crippen LogP contribution in [0.1, 0.15) is 5.56 Å². The minimum absolute atomic E-state index is 0.633. The highest BCUT2D eigenvalue weighted by atomic mass is 32.1. The number of rotatable bonds is 4. The molecule has 128 valence electrons. The Morgan fingerprint density at radius 1 is 1.33 bits per heavy atom. The molecule has 0 atom stereocenters. The Kier molecular flexibility index (Phi) is 5.53. The number of hydrogen-bond donors (Lipinski definition) is 1. The molecule has 2 aromatic rings. The minimum atomic E-state index is 0.633. The minimum Gasteiger partial charge on any atom is -0.481 e. The third kappa shape index (κ3) is 3.97. The molecular formula is C17H23N5OS. The molecule has 2 aromatic heterocycles. The number of nitrogens with one attached hydrogen (secondary N) is 1. The van der Waals surface area contributed by atoms with Gasteiger partial charge in [0, 0.05) is 52.0 Å². The summed E-state index contributed by atoms with van der Waals surface area (Å²) in [5.41, 5.74) is 1.13. The molecule has 0 spiro atoms. The molecule has 0 aliphatic carbocycles. The van der Waals surface area contributed by atoms with Gasteiger partial charge in [0.15, 0.2) is 5.96 Å². The molecule has 24 heavy (non-hydrogen) atoms. The van der Waals surface area contributed by atoms with Crippen LogP contribution in [0, 0.1) is 0 Å². The Balaban J connectivity index is 1.53. The van der Waals surface area contributed by atoms with Crippen molar-refractivity contribution in [2.45, 2.75) is 6.54 Å². The number of hydrogen-bond acceptors (Lipinski definition) is 5. The van der Waals surface area contributed by atoms with Crippen molar-refractivity contribution in [1.82, 2.24) is 15.2 Å². The molecule has 0 unspecified atom stereocenters. The van der Waals surface area contributed by atoms with Gasteiger partial charge in [0.25, 0.3) is 0 Å². The summed E-state index contributed by atoms with van der Waals surface area (Å²) in [6.07, 6.45) is 1.76. The zero-order valence-corrected chi connectivity index (χ0v) is 14.9. The molecule has 0 amide bonds. The molecule has 1 aliphatic heterocycles. The molecule has 1 saturated heterocycles. The van der Waals surface area contributed by atoms with Gasteiger partial charge in [-0.3, -0.25) is 4.99 Å². The Morgan fingerprint density at radius 2 is 2.17 bits per heavy atom. The van der Waals surface area contributed by atoms with E-state index in [1.807, 2.05) is 19.2 Å². The maximum Gasteiger partial charge on any atom is 0.213 e. The molecule has 0 bridgehead atoms. The summed E-state index contributed by atoms with van der Waals surface area (Å²) < 4.78 is 5.17. The number of aliphatic imine (C=N–C) groups is 1. The third-order valence-electron chi connectivity index (χ3n) is 4.07. The molecule has 1 fully saturated rings. The summed E-state index contributed by atoms with van der Waals surface area (Å²) in [5, 5.41) is 6.91. The monoisotopic (exact) mass is 345 g/mol. The summed E-state index contributed by atoms with van der Waals surface area (Å²) in [6.45, 7) is 4.68.